The highest BCUT2D eigenvalue weighted by atomic mass is 16.2. The van der Waals surface area contributed by atoms with Gasteiger partial charge < -0.3 is 15.6 Å². The molecule has 0 aliphatic carbocycles. The molecule has 0 unspecified atom stereocenters. The van der Waals surface area contributed by atoms with Crippen molar-refractivity contribution in [2.75, 3.05) is 5.32 Å². The van der Waals surface area contributed by atoms with Gasteiger partial charge in [0.05, 0.1) is 6.54 Å². The number of benzene rings is 1. The summed E-state index contributed by atoms with van der Waals surface area (Å²) in [5.74, 6) is -0.112. The summed E-state index contributed by atoms with van der Waals surface area (Å²) in [7, 11) is 0. The third kappa shape index (κ3) is 3.14. The van der Waals surface area contributed by atoms with Gasteiger partial charge in [-0.2, -0.15) is 0 Å². The number of nitrogens with zero attached hydrogens (tertiary/aromatic N) is 3. The van der Waals surface area contributed by atoms with Gasteiger partial charge in [0.25, 0.3) is 11.5 Å². The highest BCUT2D eigenvalue weighted by molar-refractivity contribution is 5.96. The van der Waals surface area contributed by atoms with Crippen molar-refractivity contribution in [2.45, 2.75) is 13.5 Å². The molecule has 0 bridgehead atoms. The highest BCUT2D eigenvalue weighted by Gasteiger charge is 2.11. The van der Waals surface area contributed by atoms with Gasteiger partial charge in [-0.3, -0.25) is 18.8 Å². The van der Waals surface area contributed by atoms with Crippen molar-refractivity contribution < 1.29 is 9.59 Å². The van der Waals surface area contributed by atoms with Crippen molar-refractivity contribution in [3.05, 3.63) is 58.4 Å². The molecule has 9 nitrogen and oxygen atoms in total. The molecule has 2 aromatic heterocycles. The Balaban J connectivity index is 1.74. The number of fused-ring (bicyclic) bond motifs is 1. The summed E-state index contributed by atoms with van der Waals surface area (Å²) in [6.45, 7) is 1.50. The predicted octanol–water partition coefficient (Wildman–Crippen LogP) is 0.306. The molecular formula is C15H14N6O3. The van der Waals surface area contributed by atoms with Crippen molar-refractivity contribution >= 4 is 23.1 Å². The lowest BCUT2D eigenvalue weighted by Gasteiger charge is -2.06. The maximum atomic E-state index is 12.2. The number of hydrogen-bond acceptors (Lipinski definition) is 5. The molecule has 3 N–H and O–H groups in total. The topological polar surface area (TPSA) is 121 Å². The minimum absolute atomic E-state index is 0.105. The largest absolute Gasteiger partial charge is 0.345 e. The average molecular weight is 326 g/mol. The molecule has 122 valence electrons. The van der Waals surface area contributed by atoms with Gasteiger partial charge in [0.15, 0.2) is 5.82 Å². The van der Waals surface area contributed by atoms with Crippen molar-refractivity contribution in [2.24, 2.45) is 0 Å². The van der Waals surface area contributed by atoms with Gasteiger partial charge in [-0.15, -0.1) is 10.2 Å². The minimum atomic E-state index is -0.356. The zero-order valence-electron chi connectivity index (χ0n) is 12.7. The van der Waals surface area contributed by atoms with Crippen LogP contribution in [0, 0.1) is 0 Å². The van der Waals surface area contributed by atoms with Gasteiger partial charge in [0, 0.05) is 30.6 Å². The van der Waals surface area contributed by atoms with Crippen molar-refractivity contribution in [3.63, 3.8) is 0 Å². The predicted molar refractivity (Wildman–Crippen MR) is 85.5 cm³/mol. The van der Waals surface area contributed by atoms with Crippen molar-refractivity contribution in [1.29, 1.82) is 0 Å². The lowest BCUT2D eigenvalue weighted by molar-refractivity contribution is -0.114. The Morgan fingerprint density at radius 1 is 1.29 bits per heavy atom. The summed E-state index contributed by atoms with van der Waals surface area (Å²) < 4.78 is 1.51. The van der Waals surface area contributed by atoms with E-state index in [9.17, 15) is 14.4 Å². The van der Waals surface area contributed by atoms with E-state index in [-0.39, 0.29) is 29.6 Å². The van der Waals surface area contributed by atoms with Crippen LogP contribution in [0.2, 0.25) is 0 Å². The van der Waals surface area contributed by atoms with Crippen LogP contribution in [0.1, 0.15) is 23.1 Å². The fraction of sp³-hybridized carbons (Fsp3) is 0.133. The molecule has 2 heterocycles. The number of amides is 2. The van der Waals surface area contributed by atoms with E-state index in [0.29, 0.717) is 17.1 Å². The average Bonchev–Trinajstić information content (AvgIpc) is 2.97. The molecule has 0 aliphatic heterocycles. The maximum Gasteiger partial charge on any atom is 0.293 e. The quantitative estimate of drug-likeness (QED) is 0.637. The number of aromatic amines is 1. The summed E-state index contributed by atoms with van der Waals surface area (Å²) in [5.41, 5.74) is 0.738. The van der Waals surface area contributed by atoms with E-state index >= 15 is 0 Å². The monoisotopic (exact) mass is 326 g/mol. The maximum absolute atomic E-state index is 12.2. The first kappa shape index (κ1) is 15.4. The Morgan fingerprint density at radius 3 is 2.92 bits per heavy atom. The summed E-state index contributed by atoms with van der Waals surface area (Å²) >= 11 is 0. The van der Waals surface area contributed by atoms with Gasteiger partial charge in [0.1, 0.15) is 0 Å². The van der Waals surface area contributed by atoms with Crippen LogP contribution >= 0.6 is 0 Å². The van der Waals surface area contributed by atoms with Gasteiger partial charge in [-0.05, 0) is 18.2 Å². The van der Waals surface area contributed by atoms with E-state index in [4.69, 9.17) is 0 Å². The minimum Gasteiger partial charge on any atom is -0.345 e. The van der Waals surface area contributed by atoms with Crippen LogP contribution in [0.25, 0.3) is 5.65 Å². The van der Waals surface area contributed by atoms with Crippen molar-refractivity contribution in [3.8, 4) is 0 Å². The number of carbonyl (C=O) groups is 2. The molecule has 0 saturated heterocycles. The first-order valence-corrected chi connectivity index (χ1v) is 7.12. The van der Waals surface area contributed by atoms with Crippen LogP contribution in [-0.2, 0) is 11.3 Å². The second-order valence-corrected chi connectivity index (χ2v) is 5.04. The van der Waals surface area contributed by atoms with E-state index in [1.807, 2.05) is 0 Å². The Morgan fingerprint density at radius 2 is 2.12 bits per heavy atom. The number of H-pyrrole nitrogens is 1. The van der Waals surface area contributed by atoms with Crippen LogP contribution in [0.3, 0.4) is 0 Å². The smallest absolute Gasteiger partial charge is 0.293 e. The molecule has 0 fully saturated rings. The van der Waals surface area contributed by atoms with Crippen molar-refractivity contribution in [1.82, 2.24) is 24.9 Å². The molecule has 9 heteroatoms. The van der Waals surface area contributed by atoms with Gasteiger partial charge in [0.2, 0.25) is 11.6 Å². The van der Waals surface area contributed by atoms with Gasteiger partial charge in [-0.25, -0.2) is 0 Å². The number of aromatic nitrogens is 4. The Kier molecular flexibility index (Phi) is 4.06. The molecule has 2 amide bonds. The molecule has 0 spiro atoms. The van der Waals surface area contributed by atoms with E-state index in [2.05, 4.69) is 25.8 Å². The molecule has 1 aromatic carbocycles. The van der Waals surface area contributed by atoms with Crippen LogP contribution in [0.15, 0.2) is 41.5 Å². The Hall–Kier alpha value is -3.49. The van der Waals surface area contributed by atoms with E-state index in [1.54, 1.807) is 30.5 Å². The first-order chi connectivity index (χ1) is 11.5. The number of hydrogen-bond donors (Lipinski definition) is 3. The lowest BCUT2D eigenvalue weighted by atomic mass is 10.2. The summed E-state index contributed by atoms with van der Waals surface area (Å²) in [6.07, 6.45) is 3.08. The number of carbonyl (C=O) groups excluding carboxylic acids is 2. The van der Waals surface area contributed by atoms with Gasteiger partial charge in [-0.1, -0.05) is 6.07 Å². The summed E-state index contributed by atoms with van der Waals surface area (Å²) in [6, 6.07) is 6.57. The number of nitrogens with one attached hydrogen (secondary N) is 3. The normalized spacial score (nSPS) is 10.5. The Bertz CT molecular complexity index is 974. The fourth-order valence-electron chi connectivity index (χ4n) is 2.21. The zero-order valence-corrected chi connectivity index (χ0v) is 12.7. The summed E-state index contributed by atoms with van der Waals surface area (Å²) in [4.78, 5) is 37.4. The van der Waals surface area contributed by atoms with Crippen LogP contribution in [0.4, 0.5) is 5.69 Å². The van der Waals surface area contributed by atoms with Crippen LogP contribution < -0.4 is 16.2 Å². The SMILES string of the molecule is CC(=O)Nc1cccc(C(=O)NCc2nnc3c(=O)[nH]ccn23)c1. The van der Waals surface area contributed by atoms with E-state index < -0.39 is 0 Å². The fourth-order valence-corrected chi connectivity index (χ4v) is 2.21. The second kappa shape index (κ2) is 6.32. The third-order valence-corrected chi connectivity index (χ3v) is 3.26. The molecule has 3 aromatic rings. The molecule has 24 heavy (non-hydrogen) atoms. The van der Waals surface area contributed by atoms with Crippen LogP contribution in [-0.4, -0.2) is 31.4 Å². The number of rotatable bonds is 4. The molecule has 0 radical (unpaired) electrons. The standard InChI is InChI=1S/C15H14N6O3/c1-9(22)18-11-4-2-3-10(7-11)14(23)17-8-12-19-20-13-15(24)16-5-6-21(12)13/h2-7H,8H2,1H3,(H,16,24)(H,17,23)(H,18,22). The molecule has 0 saturated carbocycles. The third-order valence-electron chi connectivity index (χ3n) is 3.26. The highest BCUT2D eigenvalue weighted by Crippen LogP contribution is 2.10. The molecular weight excluding hydrogens is 312 g/mol. The molecule has 0 aliphatic rings. The molecule has 3 rings (SSSR count). The van der Waals surface area contributed by atoms with Crippen LogP contribution in [0.5, 0.6) is 0 Å². The van der Waals surface area contributed by atoms with Gasteiger partial charge >= 0.3 is 0 Å². The first-order valence-electron chi connectivity index (χ1n) is 7.12. The second-order valence-electron chi connectivity index (χ2n) is 5.04. The van der Waals surface area contributed by atoms with E-state index in [1.165, 1.54) is 17.5 Å². The summed E-state index contributed by atoms with van der Waals surface area (Å²) in [5, 5.41) is 13.0. The molecule has 0 atom stereocenters. The Labute approximate surface area is 135 Å². The van der Waals surface area contributed by atoms with E-state index in [0.717, 1.165) is 0 Å². The number of anilines is 1. The lowest BCUT2D eigenvalue weighted by Crippen LogP contribution is -2.24. The zero-order chi connectivity index (χ0) is 17.1.